The van der Waals surface area contributed by atoms with Crippen LogP contribution in [0, 0.1) is 0 Å². The summed E-state index contributed by atoms with van der Waals surface area (Å²) < 4.78 is 5.73. The highest BCUT2D eigenvalue weighted by Gasteiger charge is 2.29. The zero-order valence-electron chi connectivity index (χ0n) is 15.4. The number of nitrogens with zero attached hydrogens (tertiary/aromatic N) is 2. The lowest BCUT2D eigenvalue weighted by Crippen LogP contribution is -2.49. The first-order chi connectivity index (χ1) is 12.5. The molecule has 142 valence electrons. The van der Waals surface area contributed by atoms with Crippen molar-refractivity contribution in [3.63, 3.8) is 0 Å². The quantitative estimate of drug-likeness (QED) is 0.837. The molecule has 1 amide bonds. The van der Waals surface area contributed by atoms with Crippen LogP contribution in [0.2, 0.25) is 0 Å². The Morgan fingerprint density at radius 1 is 1.35 bits per heavy atom. The number of ether oxygens (including phenoxy) is 1. The van der Waals surface area contributed by atoms with Crippen LogP contribution < -0.4 is 0 Å². The largest absolute Gasteiger partial charge is 0.480 e. The molecule has 0 radical (unpaired) electrons. The number of aryl methyl sites for hydroxylation is 1. The van der Waals surface area contributed by atoms with Crippen LogP contribution in [0.5, 0.6) is 0 Å². The fourth-order valence-corrected chi connectivity index (χ4v) is 4.11. The van der Waals surface area contributed by atoms with Crippen molar-refractivity contribution in [1.29, 1.82) is 0 Å². The Bertz CT molecular complexity index is 648. The molecule has 6 nitrogen and oxygen atoms in total. The summed E-state index contributed by atoms with van der Waals surface area (Å²) in [6.45, 7) is 2.16. The zero-order valence-corrected chi connectivity index (χ0v) is 15.4. The number of amides is 1. The zero-order chi connectivity index (χ0) is 18.5. The van der Waals surface area contributed by atoms with E-state index in [4.69, 9.17) is 9.84 Å². The van der Waals surface area contributed by atoms with Crippen molar-refractivity contribution in [2.75, 3.05) is 39.8 Å². The molecule has 1 aromatic carbocycles. The summed E-state index contributed by atoms with van der Waals surface area (Å²) in [4.78, 5) is 27.3. The number of carbonyl (C=O) groups excluding carboxylic acids is 1. The summed E-state index contributed by atoms with van der Waals surface area (Å²) in [5.74, 6) is -0.364. The number of likely N-dealkylation sites (N-methyl/N-ethyl adjacent to an activating group) is 1. The molecular weight excluding hydrogens is 332 g/mol. The molecule has 1 aliphatic carbocycles. The van der Waals surface area contributed by atoms with Gasteiger partial charge in [0.2, 0.25) is 5.91 Å². The molecule has 0 spiro atoms. The van der Waals surface area contributed by atoms with Crippen molar-refractivity contribution in [1.82, 2.24) is 9.80 Å². The standard InChI is InChI=1S/C20H28N2O4/c1-21(14-20(24)25)12-17-13-22(9-10-26-17)19(23)11-16-7-4-6-15-5-2-3-8-18(15)16/h2-3,5,8,16-17H,4,6-7,9-14H2,1H3,(H,24,25). The molecule has 1 saturated heterocycles. The van der Waals surface area contributed by atoms with E-state index in [9.17, 15) is 9.59 Å². The first kappa shape index (κ1) is 18.9. The van der Waals surface area contributed by atoms with Crippen LogP contribution in [-0.2, 0) is 20.7 Å². The van der Waals surface area contributed by atoms with E-state index in [0.29, 0.717) is 38.6 Å². The molecule has 2 unspecified atom stereocenters. The number of benzene rings is 1. The minimum Gasteiger partial charge on any atom is -0.480 e. The van der Waals surface area contributed by atoms with E-state index < -0.39 is 5.97 Å². The number of rotatable bonds is 6. The van der Waals surface area contributed by atoms with E-state index >= 15 is 0 Å². The predicted molar refractivity (Wildman–Crippen MR) is 98.2 cm³/mol. The van der Waals surface area contributed by atoms with E-state index in [1.165, 1.54) is 11.1 Å². The van der Waals surface area contributed by atoms with Crippen molar-refractivity contribution < 1.29 is 19.4 Å². The molecule has 0 saturated carbocycles. The highest BCUT2D eigenvalue weighted by Crippen LogP contribution is 2.34. The van der Waals surface area contributed by atoms with Crippen LogP contribution in [0.25, 0.3) is 0 Å². The van der Waals surface area contributed by atoms with Gasteiger partial charge in [-0.1, -0.05) is 24.3 Å². The highest BCUT2D eigenvalue weighted by atomic mass is 16.5. The molecule has 0 aromatic heterocycles. The second-order valence-electron chi connectivity index (χ2n) is 7.42. The molecule has 1 N–H and O–H groups in total. The Hall–Kier alpha value is -1.92. The summed E-state index contributed by atoms with van der Waals surface area (Å²) in [6, 6.07) is 8.47. The highest BCUT2D eigenvalue weighted by molar-refractivity contribution is 5.77. The third-order valence-corrected chi connectivity index (χ3v) is 5.33. The fraction of sp³-hybridized carbons (Fsp3) is 0.600. The van der Waals surface area contributed by atoms with E-state index in [1.807, 2.05) is 4.90 Å². The molecule has 1 heterocycles. The third-order valence-electron chi connectivity index (χ3n) is 5.33. The molecule has 2 aliphatic rings. The summed E-state index contributed by atoms with van der Waals surface area (Å²) in [5, 5.41) is 8.87. The van der Waals surface area contributed by atoms with E-state index in [-0.39, 0.29) is 18.6 Å². The summed E-state index contributed by atoms with van der Waals surface area (Å²) in [5.41, 5.74) is 2.71. The van der Waals surface area contributed by atoms with Crippen molar-refractivity contribution in [3.8, 4) is 0 Å². The number of hydrogen-bond acceptors (Lipinski definition) is 4. The van der Waals surface area contributed by atoms with Gasteiger partial charge in [0.25, 0.3) is 0 Å². The molecule has 1 aliphatic heterocycles. The first-order valence-corrected chi connectivity index (χ1v) is 9.40. The lowest BCUT2D eigenvalue weighted by molar-refractivity contribution is -0.142. The average Bonchev–Trinajstić information content (AvgIpc) is 2.61. The average molecular weight is 360 g/mol. The molecule has 3 rings (SSSR count). The number of hydrogen-bond donors (Lipinski definition) is 1. The van der Waals surface area contributed by atoms with Crippen molar-refractivity contribution in [2.45, 2.75) is 37.7 Å². The molecule has 2 atom stereocenters. The maximum Gasteiger partial charge on any atom is 0.317 e. The minimum atomic E-state index is -0.854. The van der Waals surface area contributed by atoms with Crippen LogP contribution in [-0.4, -0.2) is 72.7 Å². The maximum atomic E-state index is 12.8. The normalized spacial score (nSPS) is 22.9. The number of morpholine rings is 1. The molecule has 0 bridgehead atoms. The van der Waals surface area contributed by atoms with Crippen molar-refractivity contribution in [3.05, 3.63) is 35.4 Å². The lowest BCUT2D eigenvalue weighted by atomic mass is 9.81. The molecule has 6 heteroatoms. The molecule has 1 aromatic rings. The Labute approximate surface area is 154 Å². The van der Waals surface area contributed by atoms with Crippen LogP contribution in [0.4, 0.5) is 0 Å². The van der Waals surface area contributed by atoms with Crippen molar-refractivity contribution in [2.24, 2.45) is 0 Å². The Kier molecular flexibility index (Phi) is 6.27. The van der Waals surface area contributed by atoms with Gasteiger partial charge in [0.1, 0.15) is 0 Å². The van der Waals surface area contributed by atoms with Crippen LogP contribution in [0.1, 0.15) is 36.3 Å². The van der Waals surface area contributed by atoms with Gasteiger partial charge >= 0.3 is 5.97 Å². The van der Waals surface area contributed by atoms with Crippen LogP contribution in [0.15, 0.2) is 24.3 Å². The Morgan fingerprint density at radius 3 is 2.96 bits per heavy atom. The van der Waals surface area contributed by atoms with Gasteiger partial charge in [-0.3, -0.25) is 14.5 Å². The SMILES string of the molecule is CN(CC(=O)O)CC1CN(C(=O)CC2CCCc3ccccc32)CCO1. The molecule has 1 fully saturated rings. The van der Waals surface area contributed by atoms with Gasteiger partial charge in [-0.15, -0.1) is 0 Å². The van der Waals surface area contributed by atoms with Gasteiger partial charge in [-0.2, -0.15) is 0 Å². The maximum absolute atomic E-state index is 12.8. The van der Waals surface area contributed by atoms with Gasteiger partial charge in [0.05, 0.1) is 19.3 Å². The number of fused-ring (bicyclic) bond motifs is 1. The van der Waals surface area contributed by atoms with Crippen molar-refractivity contribution >= 4 is 11.9 Å². The Morgan fingerprint density at radius 2 is 2.15 bits per heavy atom. The fourth-order valence-electron chi connectivity index (χ4n) is 4.11. The van der Waals surface area contributed by atoms with Gasteiger partial charge < -0.3 is 14.7 Å². The summed E-state index contributed by atoms with van der Waals surface area (Å²) in [6.07, 6.45) is 3.74. The smallest absolute Gasteiger partial charge is 0.317 e. The van der Waals surface area contributed by atoms with Crippen LogP contribution in [0.3, 0.4) is 0 Å². The van der Waals surface area contributed by atoms with Gasteiger partial charge in [0, 0.05) is 26.1 Å². The monoisotopic (exact) mass is 360 g/mol. The molecule has 26 heavy (non-hydrogen) atoms. The number of aliphatic carboxylic acids is 1. The van der Waals surface area contributed by atoms with E-state index in [2.05, 4.69) is 24.3 Å². The summed E-state index contributed by atoms with van der Waals surface area (Å²) in [7, 11) is 1.76. The third kappa shape index (κ3) is 4.83. The number of carbonyl (C=O) groups is 2. The van der Waals surface area contributed by atoms with Gasteiger partial charge in [-0.05, 0) is 43.4 Å². The Balaban J connectivity index is 1.56. The predicted octanol–water partition coefficient (Wildman–Crippen LogP) is 1.74. The van der Waals surface area contributed by atoms with E-state index in [0.717, 1.165) is 19.3 Å². The van der Waals surface area contributed by atoms with Crippen LogP contribution >= 0.6 is 0 Å². The second kappa shape index (κ2) is 8.64. The van der Waals surface area contributed by atoms with E-state index in [1.54, 1.807) is 11.9 Å². The minimum absolute atomic E-state index is 0.0212. The van der Waals surface area contributed by atoms with Gasteiger partial charge in [0.15, 0.2) is 0 Å². The second-order valence-corrected chi connectivity index (χ2v) is 7.42. The first-order valence-electron chi connectivity index (χ1n) is 9.40. The molecular formula is C20H28N2O4. The summed E-state index contributed by atoms with van der Waals surface area (Å²) >= 11 is 0. The lowest BCUT2D eigenvalue weighted by Gasteiger charge is -2.36. The topological polar surface area (TPSA) is 70.1 Å². The van der Waals surface area contributed by atoms with Gasteiger partial charge in [-0.25, -0.2) is 0 Å². The number of carboxylic acids is 1. The number of carboxylic acid groups (broad SMARTS) is 1.